The van der Waals surface area contributed by atoms with Gasteiger partial charge in [0.1, 0.15) is 5.25 Å². The molecule has 116 valence electrons. The average molecular weight is 309 g/mol. The second kappa shape index (κ2) is 8.72. The van der Waals surface area contributed by atoms with Gasteiger partial charge < -0.3 is 10.4 Å². The Balaban J connectivity index is 2.88. The van der Waals surface area contributed by atoms with Crippen molar-refractivity contribution >= 4 is 29.3 Å². The van der Waals surface area contributed by atoms with Gasteiger partial charge in [-0.05, 0) is 25.0 Å². The van der Waals surface area contributed by atoms with Crippen molar-refractivity contribution in [3.05, 3.63) is 24.3 Å². The summed E-state index contributed by atoms with van der Waals surface area (Å²) in [5.74, 6) is -0.910. The minimum Gasteiger partial charge on any atom is -0.480 e. The second-order valence-corrected chi connectivity index (χ2v) is 6.27. The summed E-state index contributed by atoms with van der Waals surface area (Å²) in [6.45, 7) is 5.81. The van der Waals surface area contributed by atoms with Gasteiger partial charge in [0.2, 0.25) is 5.91 Å². The summed E-state index contributed by atoms with van der Waals surface area (Å²) >= 11 is 1.30. The summed E-state index contributed by atoms with van der Waals surface area (Å²) in [5, 5.41) is 11.7. The average Bonchev–Trinajstić information content (AvgIpc) is 2.47. The van der Waals surface area contributed by atoms with Gasteiger partial charge in [-0.2, -0.15) is 0 Å². The number of hydrogen-bond donors (Lipinski definition) is 2. The quantitative estimate of drug-likeness (QED) is 0.712. The van der Waals surface area contributed by atoms with Crippen LogP contribution in [0.3, 0.4) is 0 Å². The second-order valence-electron chi connectivity index (χ2n) is 5.03. The molecule has 1 rings (SSSR count). The van der Waals surface area contributed by atoms with E-state index < -0.39 is 11.2 Å². The van der Waals surface area contributed by atoms with Crippen molar-refractivity contribution in [1.29, 1.82) is 0 Å². The Kier molecular flexibility index (Phi) is 7.29. The Bertz CT molecular complexity index is 490. The minimum atomic E-state index is -0.815. The lowest BCUT2D eigenvalue weighted by Gasteiger charge is -2.16. The highest BCUT2D eigenvalue weighted by Gasteiger charge is 2.20. The van der Waals surface area contributed by atoms with E-state index in [4.69, 9.17) is 0 Å². The molecule has 0 saturated carbocycles. The third-order valence-electron chi connectivity index (χ3n) is 3.30. The van der Waals surface area contributed by atoms with Gasteiger partial charge >= 0.3 is 5.97 Å². The molecule has 2 N–H and O–H groups in total. The van der Waals surface area contributed by atoms with Gasteiger partial charge in [-0.1, -0.05) is 39.3 Å². The fourth-order valence-electron chi connectivity index (χ4n) is 1.76. The highest BCUT2D eigenvalue weighted by atomic mass is 32.2. The van der Waals surface area contributed by atoms with Crippen LogP contribution in [0.5, 0.6) is 0 Å². The van der Waals surface area contributed by atoms with Crippen molar-refractivity contribution in [2.24, 2.45) is 5.92 Å². The van der Waals surface area contributed by atoms with E-state index in [9.17, 15) is 14.7 Å². The monoisotopic (exact) mass is 309 g/mol. The fraction of sp³-hybridized carbons (Fsp3) is 0.500. The van der Waals surface area contributed by atoms with Crippen LogP contribution in [0.4, 0.5) is 5.69 Å². The number of rotatable bonds is 8. The first-order chi connectivity index (χ1) is 9.99. The molecule has 0 fully saturated rings. The van der Waals surface area contributed by atoms with Crippen LogP contribution < -0.4 is 5.32 Å². The third kappa shape index (κ3) is 5.42. The molecule has 4 nitrogen and oxygen atoms in total. The highest BCUT2D eigenvalue weighted by molar-refractivity contribution is 8.00. The Morgan fingerprint density at radius 1 is 1.29 bits per heavy atom. The van der Waals surface area contributed by atoms with Crippen LogP contribution in [-0.4, -0.2) is 22.2 Å². The first kappa shape index (κ1) is 17.6. The number of aliphatic carboxylic acids is 1. The summed E-state index contributed by atoms with van der Waals surface area (Å²) in [7, 11) is 0. The van der Waals surface area contributed by atoms with Gasteiger partial charge in [0.05, 0.1) is 5.69 Å². The van der Waals surface area contributed by atoms with Crippen LogP contribution >= 0.6 is 11.8 Å². The molecule has 0 aliphatic rings. The number of carbonyl (C=O) groups is 2. The Morgan fingerprint density at radius 2 is 1.95 bits per heavy atom. The van der Waals surface area contributed by atoms with Crippen LogP contribution in [0.2, 0.25) is 0 Å². The molecule has 0 unspecified atom stereocenters. The third-order valence-corrected chi connectivity index (χ3v) is 4.63. The summed E-state index contributed by atoms with van der Waals surface area (Å²) in [6, 6.07) is 7.36. The first-order valence-electron chi connectivity index (χ1n) is 7.28. The van der Waals surface area contributed by atoms with E-state index in [1.807, 2.05) is 45.0 Å². The zero-order valence-corrected chi connectivity index (χ0v) is 13.6. The molecule has 21 heavy (non-hydrogen) atoms. The SMILES string of the molecule is CCC[C@@H](Sc1ccccc1NC(=O)[C@@H](C)CC)C(=O)O. The molecular formula is C16H23NO3S. The van der Waals surface area contributed by atoms with Crippen molar-refractivity contribution in [3.8, 4) is 0 Å². The molecule has 0 aliphatic carbocycles. The number of carboxylic acids is 1. The molecule has 2 atom stereocenters. The van der Waals surface area contributed by atoms with E-state index >= 15 is 0 Å². The number of anilines is 1. The van der Waals surface area contributed by atoms with Crippen molar-refractivity contribution in [2.75, 3.05) is 5.32 Å². The lowest BCUT2D eigenvalue weighted by atomic mass is 10.1. The lowest BCUT2D eigenvalue weighted by molar-refractivity contribution is -0.136. The van der Waals surface area contributed by atoms with Crippen LogP contribution in [0.25, 0.3) is 0 Å². The van der Waals surface area contributed by atoms with Gasteiger partial charge in [-0.25, -0.2) is 0 Å². The molecule has 0 aliphatic heterocycles. The smallest absolute Gasteiger partial charge is 0.316 e. The molecule has 0 saturated heterocycles. The number of carboxylic acid groups (broad SMARTS) is 1. The summed E-state index contributed by atoms with van der Waals surface area (Å²) in [5.41, 5.74) is 0.690. The number of amides is 1. The predicted molar refractivity (Wildman–Crippen MR) is 86.7 cm³/mol. The van der Waals surface area contributed by atoms with E-state index in [0.29, 0.717) is 12.1 Å². The maximum atomic E-state index is 12.0. The van der Waals surface area contributed by atoms with Crippen molar-refractivity contribution in [3.63, 3.8) is 0 Å². The Labute approximate surface area is 130 Å². The lowest BCUT2D eigenvalue weighted by Crippen LogP contribution is -2.20. The van der Waals surface area contributed by atoms with Gasteiger partial charge in [-0.3, -0.25) is 9.59 Å². The standard InChI is InChI=1S/C16H23NO3S/c1-4-8-14(16(19)20)21-13-10-7-6-9-12(13)17-15(18)11(3)5-2/h6-7,9-11,14H,4-5,8H2,1-3H3,(H,17,18)(H,19,20)/t11-,14+/m0/s1. The summed E-state index contributed by atoms with van der Waals surface area (Å²) in [6.07, 6.45) is 2.19. The van der Waals surface area contributed by atoms with E-state index in [1.165, 1.54) is 11.8 Å². The molecular weight excluding hydrogens is 286 g/mol. The molecule has 0 radical (unpaired) electrons. The van der Waals surface area contributed by atoms with Gasteiger partial charge in [0.15, 0.2) is 0 Å². The number of thioether (sulfide) groups is 1. The van der Waals surface area contributed by atoms with Gasteiger partial charge in [0.25, 0.3) is 0 Å². The van der Waals surface area contributed by atoms with E-state index in [-0.39, 0.29) is 11.8 Å². The van der Waals surface area contributed by atoms with E-state index in [0.717, 1.165) is 17.7 Å². The van der Waals surface area contributed by atoms with Crippen LogP contribution in [0, 0.1) is 5.92 Å². The first-order valence-corrected chi connectivity index (χ1v) is 8.16. The maximum Gasteiger partial charge on any atom is 0.316 e. The zero-order chi connectivity index (χ0) is 15.8. The molecule has 5 heteroatoms. The zero-order valence-electron chi connectivity index (χ0n) is 12.8. The van der Waals surface area contributed by atoms with E-state index in [2.05, 4.69) is 5.32 Å². The van der Waals surface area contributed by atoms with Crippen molar-refractivity contribution in [2.45, 2.75) is 50.2 Å². The largest absolute Gasteiger partial charge is 0.480 e. The normalized spacial score (nSPS) is 13.5. The van der Waals surface area contributed by atoms with Gasteiger partial charge in [-0.15, -0.1) is 11.8 Å². The Hall–Kier alpha value is -1.49. The number of nitrogens with one attached hydrogen (secondary N) is 1. The molecule has 1 aromatic carbocycles. The molecule has 0 heterocycles. The van der Waals surface area contributed by atoms with Crippen molar-refractivity contribution < 1.29 is 14.7 Å². The van der Waals surface area contributed by atoms with Crippen molar-refractivity contribution in [1.82, 2.24) is 0 Å². The molecule has 1 aromatic rings. The molecule has 0 spiro atoms. The summed E-state index contributed by atoms with van der Waals surface area (Å²) in [4.78, 5) is 24.1. The number of benzene rings is 1. The highest BCUT2D eigenvalue weighted by Crippen LogP contribution is 2.32. The minimum absolute atomic E-state index is 0.0343. The van der Waals surface area contributed by atoms with Crippen LogP contribution in [0.1, 0.15) is 40.0 Å². The van der Waals surface area contributed by atoms with E-state index in [1.54, 1.807) is 0 Å². The fourth-order valence-corrected chi connectivity index (χ4v) is 2.93. The van der Waals surface area contributed by atoms with Gasteiger partial charge in [0, 0.05) is 10.8 Å². The van der Waals surface area contributed by atoms with Crippen LogP contribution in [0.15, 0.2) is 29.2 Å². The molecule has 1 amide bonds. The molecule has 0 aromatic heterocycles. The number of para-hydroxylation sites is 1. The van der Waals surface area contributed by atoms with Crippen LogP contribution in [-0.2, 0) is 9.59 Å². The summed E-state index contributed by atoms with van der Waals surface area (Å²) < 4.78 is 0. The Morgan fingerprint density at radius 3 is 2.52 bits per heavy atom. The molecule has 0 bridgehead atoms. The number of carbonyl (C=O) groups excluding carboxylic acids is 1. The maximum absolute atomic E-state index is 12.0. The topological polar surface area (TPSA) is 66.4 Å². The number of hydrogen-bond acceptors (Lipinski definition) is 3. The predicted octanol–water partition coefficient (Wildman–Crippen LogP) is 4.02.